The second-order valence-corrected chi connectivity index (χ2v) is 5.85. The van der Waals surface area contributed by atoms with Crippen LogP contribution in [0.2, 0.25) is 0 Å². The summed E-state index contributed by atoms with van der Waals surface area (Å²) in [7, 11) is 0. The molecule has 0 spiro atoms. The smallest absolute Gasteiger partial charge is 0.415 e. The summed E-state index contributed by atoms with van der Waals surface area (Å²) in [4.78, 5) is 24.0. The summed E-state index contributed by atoms with van der Waals surface area (Å²) in [6.07, 6.45) is -0.683. The van der Waals surface area contributed by atoms with Gasteiger partial charge in [-0.1, -0.05) is 15.9 Å². The Hall–Kier alpha value is -1.56. The Morgan fingerprint density at radius 1 is 1.26 bits per heavy atom. The maximum atomic E-state index is 12.0. The molecule has 0 aliphatic rings. The lowest BCUT2D eigenvalue weighted by molar-refractivity contribution is -0.135. The van der Waals surface area contributed by atoms with Crippen LogP contribution in [-0.2, 0) is 9.53 Å². The summed E-state index contributed by atoms with van der Waals surface area (Å²) in [6.45, 7) is 4.73. The van der Waals surface area contributed by atoms with Gasteiger partial charge in [0.1, 0.15) is 12.1 Å². The molecule has 0 aromatic heterocycles. The Labute approximate surface area is 120 Å². The molecule has 0 aliphatic heterocycles. The van der Waals surface area contributed by atoms with Crippen molar-refractivity contribution < 1.29 is 19.4 Å². The van der Waals surface area contributed by atoms with Gasteiger partial charge in [0.15, 0.2) is 0 Å². The molecule has 0 saturated carbocycles. The summed E-state index contributed by atoms with van der Waals surface area (Å²) in [5.74, 6) is -1.10. The highest BCUT2D eigenvalue weighted by atomic mass is 79.9. The van der Waals surface area contributed by atoms with Gasteiger partial charge >= 0.3 is 12.1 Å². The number of rotatable bonds is 3. The molecule has 1 rings (SSSR count). The van der Waals surface area contributed by atoms with Crippen LogP contribution < -0.4 is 4.90 Å². The standard InChI is InChI=1S/C13H16BrNO4/c1-13(2,3)19-12(18)15(8-11(16)17)10-6-4-9(14)5-7-10/h4-7H,8H2,1-3H3,(H,16,17). The van der Waals surface area contributed by atoms with Gasteiger partial charge < -0.3 is 9.84 Å². The lowest BCUT2D eigenvalue weighted by Gasteiger charge is -2.26. The Morgan fingerprint density at radius 3 is 2.21 bits per heavy atom. The Kier molecular flexibility index (Phi) is 4.94. The molecule has 0 saturated heterocycles. The SMILES string of the molecule is CC(C)(C)OC(=O)N(CC(=O)O)c1ccc(Br)cc1. The molecule has 5 nitrogen and oxygen atoms in total. The first-order valence-corrected chi connectivity index (χ1v) is 6.46. The monoisotopic (exact) mass is 329 g/mol. The average Bonchev–Trinajstić information content (AvgIpc) is 2.24. The molecule has 19 heavy (non-hydrogen) atoms. The van der Waals surface area contributed by atoms with E-state index >= 15 is 0 Å². The van der Waals surface area contributed by atoms with Crippen LogP contribution in [0.5, 0.6) is 0 Å². The number of amides is 1. The van der Waals surface area contributed by atoms with Crippen LogP contribution in [0.25, 0.3) is 0 Å². The molecule has 1 aromatic carbocycles. The Balaban J connectivity index is 2.97. The van der Waals surface area contributed by atoms with Crippen molar-refractivity contribution in [1.29, 1.82) is 0 Å². The number of ether oxygens (including phenoxy) is 1. The number of halogens is 1. The van der Waals surface area contributed by atoms with Crippen molar-refractivity contribution in [2.75, 3.05) is 11.4 Å². The third-order valence-corrected chi connectivity index (χ3v) is 2.57. The van der Waals surface area contributed by atoms with Crippen LogP contribution >= 0.6 is 15.9 Å². The molecule has 104 valence electrons. The molecular formula is C13H16BrNO4. The molecule has 0 aliphatic carbocycles. The average molecular weight is 330 g/mol. The normalized spacial score (nSPS) is 10.9. The first-order valence-electron chi connectivity index (χ1n) is 5.67. The highest BCUT2D eigenvalue weighted by Crippen LogP contribution is 2.20. The van der Waals surface area contributed by atoms with Crippen molar-refractivity contribution in [1.82, 2.24) is 0 Å². The minimum Gasteiger partial charge on any atom is -0.480 e. The van der Waals surface area contributed by atoms with Crippen LogP contribution in [0.15, 0.2) is 28.7 Å². The highest BCUT2D eigenvalue weighted by Gasteiger charge is 2.25. The van der Waals surface area contributed by atoms with E-state index in [-0.39, 0.29) is 0 Å². The second kappa shape index (κ2) is 6.06. The van der Waals surface area contributed by atoms with Crippen molar-refractivity contribution in [3.63, 3.8) is 0 Å². The van der Waals surface area contributed by atoms with Gasteiger partial charge in [0.05, 0.1) is 0 Å². The maximum Gasteiger partial charge on any atom is 0.415 e. The molecule has 0 fully saturated rings. The van der Waals surface area contributed by atoms with Crippen molar-refractivity contribution >= 4 is 33.7 Å². The van der Waals surface area contributed by atoms with Crippen molar-refractivity contribution in [3.05, 3.63) is 28.7 Å². The van der Waals surface area contributed by atoms with Gasteiger partial charge in [-0.2, -0.15) is 0 Å². The minimum atomic E-state index is -1.10. The molecule has 0 radical (unpaired) electrons. The van der Waals surface area contributed by atoms with Crippen molar-refractivity contribution in [3.8, 4) is 0 Å². The summed E-state index contributed by atoms with van der Waals surface area (Å²) >= 11 is 3.28. The number of anilines is 1. The van der Waals surface area contributed by atoms with E-state index in [2.05, 4.69) is 15.9 Å². The van der Waals surface area contributed by atoms with E-state index in [0.29, 0.717) is 5.69 Å². The Morgan fingerprint density at radius 2 is 1.79 bits per heavy atom. The van der Waals surface area contributed by atoms with Crippen molar-refractivity contribution in [2.24, 2.45) is 0 Å². The largest absolute Gasteiger partial charge is 0.480 e. The van der Waals surface area contributed by atoms with E-state index in [9.17, 15) is 9.59 Å². The second-order valence-electron chi connectivity index (χ2n) is 4.94. The quantitative estimate of drug-likeness (QED) is 0.924. The van der Waals surface area contributed by atoms with Crippen LogP contribution in [0, 0.1) is 0 Å². The van der Waals surface area contributed by atoms with E-state index in [1.165, 1.54) is 0 Å². The summed E-state index contributed by atoms with van der Waals surface area (Å²) in [5.41, 5.74) is -0.205. The van der Waals surface area contributed by atoms with Gasteiger partial charge in [-0.3, -0.25) is 9.69 Å². The topological polar surface area (TPSA) is 66.8 Å². The minimum absolute atomic E-state index is 0.448. The first kappa shape index (κ1) is 15.5. The summed E-state index contributed by atoms with van der Waals surface area (Å²) < 4.78 is 6.04. The molecule has 1 N–H and O–H groups in total. The fourth-order valence-corrected chi connectivity index (χ4v) is 1.60. The van der Waals surface area contributed by atoms with Gasteiger partial charge in [-0.25, -0.2) is 4.79 Å². The molecular weight excluding hydrogens is 314 g/mol. The molecule has 0 bridgehead atoms. The van der Waals surface area contributed by atoms with E-state index in [1.807, 2.05) is 0 Å². The van der Waals surface area contributed by atoms with Crippen LogP contribution in [0.3, 0.4) is 0 Å². The lowest BCUT2D eigenvalue weighted by atomic mass is 10.2. The molecule has 0 heterocycles. The predicted molar refractivity (Wildman–Crippen MR) is 75.4 cm³/mol. The molecule has 0 unspecified atom stereocenters. The van der Waals surface area contributed by atoms with Crippen LogP contribution in [-0.4, -0.2) is 29.3 Å². The lowest BCUT2D eigenvalue weighted by Crippen LogP contribution is -2.39. The van der Waals surface area contributed by atoms with Crippen LogP contribution in [0.1, 0.15) is 20.8 Å². The maximum absolute atomic E-state index is 12.0. The van der Waals surface area contributed by atoms with E-state index < -0.39 is 24.2 Å². The van der Waals surface area contributed by atoms with Gasteiger partial charge in [-0.05, 0) is 45.0 Å². The van der Waals surface area contributed by atoms with E-state index in [0.717, 1.165) is 9.37 Å². The predicted octanol–water partition coefficient (Wildman–Crippen LogP) is 3.28. The number of carbonyl (C=O) groups excluding carboxylic acids is 1. The number of aliphatic carboxylic acids is 1. The molecule has 0 atom stereocenters. The summed E-state index contributed by atoms with van der Waals surface area (Å²) in [5, 5.41) is 8.89. The number of carboxylic acid groups (broad SMARTS) is 1. The number of carbonyl (C=O) groups is 2. The number of benzene rings is 1. The van der Waals surface area contributed by atoms with Gasteiger partial charge in [-0.15, -0.1) is 0 Å². The van der Waals surface area contributed by atoms with E-state index in [1.54, 1.807) is 45.0 Å². The molecule has 1 amide bonds. The third-order valence-electron chi connectivity index (χ3n) is 2.05. The third kappa shape index (κ3) is 5.30. The Bertz CT molecular complexity index is 465. The number of carboxylic acids is 1. The van der Waals surface area contributed by atoms with Gasteiger partial charge in [0.2, 0.25) is 0 Å². The summed E-state index contributed by atoms with van der Waals surface area (Å²) in [6, 6.07) is 6.76. The highest BCUT2D eigenvalue weighted by molar-refractivity contribution is 9.10. The zero-order chi connectivity index (χ0) is 14.6. The van der Waals surface area contributed by atoms with Crippen LogP contribution in [0.4, 0.5) is 10.5 Å². The zero-order valence-electron chi connectivity index (χ0n) is 11.0. The fraction of sp³-hybridized carbons (Fsp3) is 0.385. The van der Waals surface area contributed by atoms with Gasteiger partial charge in [0.25, 0.3) is 0 Å². The fourth-order valence-electron chi connectivity index (χ4n) is 1.33. The molecule has 6 heteroatoms. The molecule has 1 aromatic rings. The van der Waals surface area contributed by atoms with Gasteiger partial charge in [0, 0.05) is 10.2 Å². The zero-order valence-corrected chi connectivity index (χ0v) is 12.6. The number of hydrogen-bond donors (Lipinski definition) is 1. The first-order chi connectivity index (χ1) is 8.69. The van der Waals surface area contributed by atoms with Crippen molar-refractivity contribution in [2.45, 2.75) is 26.4 Å². The number of nitrogens with zero attached hydrogens (tertiary/aromatic N) is 1. The van der Waals surface area contributed by atoms with E-state index in [4.69, 9.17) is 9.84 Å². The number of hydrogen-bond acceptors (Lipinski definition) is 3.